The van der Waals surface area contributed by atoms with E-state index in [4.69, 9.17) is 4.74 Å². The third kappa shape index (κ3) is 3.47. The molecule has 0 aliphatic carbocycles. The fourth-order valence-electron chi connectivity index (χ4n) is 2.14. The first kappa shape index (κ1) is 13.4. The van der Waals surface area contributed by atoms with Gasteiger partial charge in [-0.3, -0.25) is 0 Å². The van der Waals surface area contributed by atoms with Gasteiger partial charge in [0.25, 0.3) is 0 Å². The summed E-state index contributed by atoms with van der Waals surface area (Å²) in [7, 11) is 1.65. The van der Waals surface area contributed by atoms with Crippen LogP contribution in [0.5, 0.6) is 0 Å². The van der Waals surface area contributed by atoms with Crippen LogP contribution in [-0.2, 0) is 17.6 Å². The highest BCUT2D eigenvalue weighted by atomic mass is 16.5. The molecule has 0 unspecified atom stereocenters. The lowest BCUT2D eigenvalue weighted by Crippen LogP contribution is -1.94. The lowest BCUT2D eigenvalue weighted by molar-refractivity contribution is 0.371. The molecule has 0 bridgehead atoms. The maximum Gasteiger partial charge on any atom is 0.118 e. The topological polar surface area (TPSA) is 9.23 Å². The van der Waals surface area contributed by atoms with Crippen molar-refractivity contribution in [1.29, 1.82) is 0 Å². The average molecular weight is 252 g/mol. The summed E-state index contributed by atoms with van der Waals surface area (Å²) in [5.74, 6) is 0.713. The van der Waals surface area contributed by atoms with Crippen LogP contribution in [0.2, 0.25) is 0 Å². The summed E-state index contributed by atoms with van der Waals surface area (Å²) in [6.07, 6.45) is 2.14. The quantitative estimate of drug-likeness (QED) is 0.717. The van der Waals surface area contributed by atoms with Crippen LogP contribution in [0.4, 0.5) is 0 Å². The summed E-state index contributed by atoms with van der Waals surface area (Å²) in [5, 5.41) is 0. The van der Waals surface area contributed by atoms with E-state index in [1.165, 1.54) is 16.7 Å². The fraction of sp³-hybridized carbons (Fsp3) is 0.222. The number of rotatable bonds is 5. The van der Waals surface area contributed by atoms with E-state index in [1.54, 1.807) is 7.11 Å². The Morgan fingerprint density at radius 1 is 1.00 bits per heavy atom. The molecule has 0 saturated heterocycles. The second kappa shape index (κ2) is 6.24. The number of hydrogen-bond acceptors (Lipinski definition) is 1. The highest BCUT2D eigenvalue weighted by molar-refractivity contribution is 5.57. The summed E-state index contributed by atoms with van der Waals surface area (Å²) in [4.78, 5) is 0. The predicted octanol–water partition coefficient (Wildman–Crippen LogP) is 4.40. The van der Waals surface area contributed by atoms with Gasteiger partial charge in [0.15, 0.2) is 0 Å². The van der Waals surface area contributed by atoms with E-state index in [2.05, 4.69) is 62.0 Å². The van der Waals surface area contributed by atoms with Gasteiger partial charge in [-0.1, -0.05) is 55.1 Å². The molecular formula is C18H20O. The molecule has 19 heavy (non-hydrogen) atoms. The normalized spacial score (nSPS) is 10.2. The summed E-state index contributed by atoms with van der Waals surface area (Å²) in [6, 6.07) is 17.0. The van der Waals surface area contributed by atoms with Crippen molar-refractivity contribution in [2.45, 2.75) is 19.8 Å². The van der Waals surface area contributed by atoms with Gasteiger partial charge in [0.1, 0.15) is 5.76 Å². The average Bonchev–Trinajstić information content (AvgIpc) is 2.46. The zero-order valence-corrected chi connectivity index (χ0v) is 11.6. The van der Waals surface area contributed by atoms with Crippen LogP contribution in [-0.4, -0.2) is 7.11 Å². The van der Waals surface area contributed by atoms with Gasteiger partial charge in [-0.2, -0.15) is 0 Å². The Bertz CT molecular complexity index is 552. The molecule has 0 aliphatic heterocycles. The maximum atomic E-state index is 5.13. The molecule has 0 fully saturated rings. The molecule has 2 aromatic carbocycles. The fourth-order valence-corrected chi connectivity index (χ4v) is 2.14. The molecule has 1 heteroatoms. The van der Waals surface area contributed by atoms with E-state index >= 15 is 0 Å². The summed E-state index contributed by atoms with van der Waals surface area (Å²) >= 11 is 0. The van der Waals surface area contributed by atoms with E-state index in [9.17, 15) is 0 Å². The summed E-state index contributed by atoms with van der Waals surface area (Å²) < 4.78 is 5.13. The van der Waals surface area contributed by atoms with Gasteiger partial charge in [-0.25, -0.2) is 0 Å². The van der Waals surface area contributed by atoms with Crippen molar-refractivity contribution in [2.75, 3.05) is 7.11 Å². The number of benzene rings is 2. The first-order valence-electron chi connectivity index (χ1n) is 6.57. The van der Waals surface area contributed by atoms with Gasteiger partial charge in [-0.15, -0.1) is 0 Å². The minimum Gasteiger partial charge on any atom is -0.497 e. The van der Waals surface area contributed by atoms with Gasteiger partial charge in [-0.05, 0) is 36.5 Å². The number of hydrogen-bond donors (Lipinski definition) is 0. The van der Waals surface area contributed by atoms with E-state index in [0.717, 1.165) is 18.4 Å². The molecule has 0 spiro atoms. The maximum absolute atomic E-state index is 5.13. The zero-order valence-electron chi connectivity index (χ0n) is 11.6. The van der Waals surface area contributed by atoms with Crippen LogP contribution < -0.4 is 0 Å². The standard InChI is InChI=1S/C18H20O/c1-14-6-4-5-7-17(14)11-8-16-9-12-18(13-10-16)15(2)19-3/h4-7,9-10,12-13H,2,8,11H2,1,3H3. The summed E-state index contributed by atoms with van der Waals surface area (Å²) in [5.41, 5.74) is 5.18. The van der Waals surface area contributed by atoms with E-state index in [1.807, 2.05) is 0 Å². The molecule has 2 rings (SSSR count). The van der Waals surface area contributed by atoms with Crippen molar-refractivity contribution in [3.8, 4) is 0 Å². The van der Waals surface area contributed by atoms with Crippen LogP contribution in [0.25, 0.3) is 5.76 Å². The third-order valence-corrected chi connectivity index (χ3v) is 3.47. The largest absolute Gasteiger partial charge is 0.497 e. The molecule has 0 saturated carbocycles. The van der Waals surface area contributed by atoms with Crippen molar-refractivity contribution in [1.82, 2.24) is 0 Å². The Labute approximate surface area is 115 Å². The van der Waals surface area contributed by atoms with Crippen LogP contribution in [0.3, 0.4) is 0 Å². The Hall–Kier alpha value is -2.02. The monoisotopic (exact) mass is 252 g/mol. The molecule has 1 nitrogen and oxygen atoms in total. The Morgan fingerprint density at radius 3 is 2.32 bits per heavy atom. The molecule has 0 radical (unpaired) electrons. The van der Waals surface area contributed by atoms with Crippen molar-refractivity contribution in [3.63, 3.8) is 0 Å². The van der Waals surface area contributed by atoms with E-state index in [0.29, 0.717) is 5.76 Å². The number of methoxy groups -OCH3 is 1. The van der Waals surface area contributed by atoms with Crippen LogP contribution in [0, 0.1) is 6.92 Å². The van der Waals surface area contributed by atoms with Crippen molar-refractivity contribution in [2.24, 2.45) is 0 Å². The minimum atomic E-state index is 0.713. The molecule has 0 aliphatic rings. The van der Waals surface area contributed by atoms with Gasteiger partial charge in [0.05, 0.1) is 7.11 Å². The molecular weight excluding hydrogens is 232 g/mol. The lowest BCUT2D eigenvalue weighted by Gasteiger charge is -2.07. The predicted molar refractivity (Wildman–Crippen MR) is 81.1 cm³/mol. The van der Waals surface area contributed by atoms with E-state index in [-0.39, 0.29) is 0 Å². The van der Waals surface area contributed by atoms with Crippen LogP contribution >= 0.6 is 0 Å². The molecule has 0 N–H and O–H groups in total. The van der Waals surface area contributed by atoms with Crippen LogP contribution in [0.1, 0.15) is 22.3 Å². The van der Waals surface area contributed by atoms with Crippen LogP contribution in [0.15, 0.2) is 55.1 Å². The Morgan fingerprint density at radius 2 is 1.68 bits per heavy atom. The van der Waals surface area contributed by atoms with E-state index < -0.39 is 0 Å². The summed E-state index contributed by atoms with van der Waals surface area (Å²) in [6.45, 7) is 6.02. The molecule has 0 amide bonds. The van der Waals surface area contributed by atoms with Gasteiger partial charge < -0.3 is 4.74 Å². The third-order valence-electron chi connectivity index (χ3n) is 3.47. The van der Waals surface area contributed by atoms with Crippen molar-refractivity contribution in [3.05, 3.63) is 77.4 Å². The van der Waals surface area contributed by atoms with Crippen molar-refractivity contribution < 1.29 is 4.74 Å². The SMILES string of the molecule is C=C(OC)c1ccc(CCc2ccccc2C)cc1. The highest BCUT2D eigenvalue weighted by Crippen LogP contribution is 2.16. The zero-order chi connectivity index (χ0) is 13.7. The lowest BCUT2D eigenvalue weighted by atomic mass is 10.00. The first-order valence-corrected chi connectivity index (χ1v) is 6.57. The smallest absolute Gasteiger partial charge is 0.118 e. The molecule has 2 aromatic rings. The first-order chi connectivity index (χ1) is 9.20. The Balaban J connectivity index is 2.01. The van der Waals surface area contributed by atoms with Crippen molar-refractivity contribution >= 4 is 5.76 Å². The second-order valence-electron chi connectivity index (χ2n) is 4.75. The van der Waals surface area contributed by atoms with Gasteiger partial charge in [0, 0.05) is 5.56 Å². The molecule has 98 valence electrons. The molecule has 0 atom stereocenters. The molecule has 0 aromatic heterocycles. The molecule has 0 heterocycles. The van der Waals surface area contributed by atoms with Gasteiger partial charge >= 0.3 is 0 Å². The number of ether oxygens (including phenoxy) is 1. The van der Waals surface area contributed by atoms with Gasteiger partial charge in [0.2, 0.25) is 0 Å². The minimum absolute atomic E-state index is 0.713. The Kier molecular flexibility index (Phi) is 4.40. The highest BCUT2D eigenvalue weighted by Gasteiger charge is 2.01. The second-order valence-corrected chi connectivity index (χ2v) is 4.75. The number of aryl methyl sites for hydroxylation is 3.